The average Bonchev–Trinajstić information content (AvgIpc) is 2.48. The van der Waals surface area contributed by atoms with E-state index in [9.17, 15) is 4.79 Å². The molecule has 1 aromatic rings. The lowest BCUT2D eigenvalue weighted by atomic mass is 10.1. The fraction of sp³-hybridized carbons (Fsp3) is 0.182. The molecule has 0 saturated heterocycles. The van der Waals surface area contributed by atoms with Crippen molar-refractivity contribution >= 4 is 5.57 Å². The van der Waals surface area contributed by atoms with E-state index in [2.05, 4.69) is 11.7 Å². The lowest BCUT2D eigenvalue weighted by Crippen LogP contribution is -2.09. The van der Waals surface area contributed by atoms with Gasteiger partial charge >= 0.3 is 0 Å². The van der Waals surface area contributed by atoms with E-state index in [-0.39, 0.29) is 5.56 Å². The van der Waals surface area contributed by atoms with E-state index >= 15 is 0 Å². The first-order valence-corrected chi connectivity index (χ1v) is 4.41. The molecule has 0 saturated carbocycles. The second-order valence-corrected chi connectivity index (χ2v) is 2.91. The van der Waals surface area contributed by atoms with E-state index in [1.807, 2.05) is 25.2 Å². The minimum absolute atomic E-state index is 0.0358. The summed E-state index contributed by atoms with van der Waals surface area (Å²) in [5.41, 5.74) is 1.76. The zero-order chi connectivity index (χ0) is 10.6. The average molecular weight is 190 g/mol. The van der Waals surface area contributed by atoms with Gasteiger partial charge in [-0.1, -0.05) is 30.9 Å². The highest BCUT2D eigenvalue weighted by molar-refractivity contribution is 5.71. The summed E-state index contributed by atoms with van der Waals surface area (Å²) in [7, 11) is 1.69. The van der Waals surface area contributed by atoms with E-state index in [1.54, 1.807) is 19.2 Å². The first-order chi connectivity index (χ1) is 6.69. The summed E-state index contributed by atoms with van der Waals surface area (Å²) >= 11 is 0. The number of hydrogen-bond acceptors (Lipinski definition) is 1. The molecule has 0 radical (unpaired) electrons. The molecule has 0 aliphatic heterocycles. The largest absolute Gasteiger partial charge is 0.295 e. The number of hydrogen-bond donors (Lipinski definition) is 1. The van der Waals surface area contributed by atoms with E-state index in [0.29, 0.717) is 0 Å². The molecule has 0 amide bonds. The Bertz CT molecular complexity index is 432. The van der Waals surface area contributed by atoms with Crippen LogP contribution in [-0.4, -0.2) is 9.78 Å². The molecule has 0 aliphatic rings. The third-order valence-corrected chi connectivity index (χ3v) is 1.92. The topological polar surface area (TPSA) is 37.8 Å². The van der Waals surface area contributed by atoms with Gasteiger partial charge < -0.3 is 0 Å². The summed E-state index contributed by atoms with van der Waals surface area (Å²) in [6, 6.07) is 1.57. The fourth-order valence-corrected chi connectivity index (χ4v) is 1.15. The van der Waals surface area contributed by atoms with Crippen molar-refractivity contribution in [3.05, 3.63) is 53.0 Å². The predicted octanol–water partition coefficient (Wildman–Crippen LogP) is 1.86. The summed E-state index contributed by atoms with van der Waals surface area (Å²) < 4.78 is 1.45. The highest BCUT2D eigenvalue weighted by atomic mass is 16.1. The first-order valence-electron chi connectivity index (χ1n) is 4.41. The highest BCUT2D eigenvalue weighted by Gasteiger charge is 2.01. The molecule has 74 valence electrons. The Balaban J connectivity index is 3.08. The molecule has 0 spiro atoms. The van der Waals surface area contributed by atoms with Crippen molar-refractivity contribution in [2.24, 2.45) is 7.05 Å². The molecular weight excluding hydrogens is 176 g/mol. The Morgan fingerprint density at radius 3 is 2.79 bits per heavy atom. The molecule has 0 atom stereocenters. The van der Waals surface area contributed by atoms with Crippen LogP contribution in [-0.2, 0) is 7.05 Å². The smallest absolute Gasteiger partial charge is 0.266 e. The van der Waals surface area contributed by atoms with Crippen LogP contribution < -0.4 is 5.56 Å². The van der Waals surface area contributed by atoms with Crippen LogP contribution in [0.1, 0.15) is 12.6 Å². The molecule has 3 heteroatoms. The SMILES string of the molecule is C=C/C=C\C(=C/C)c1cc(=O)n(C)[nH]1. The van der Waals surface area contributed by atoms with Gasteiger partial charge in [0.25, 0.3) is 5.56 Å². The minimum atomic E-state index is -0.0358. The molecule has 3 nitrogen and oxygen atoms in total. The van der Waals surface area contributed by atoms with Gasteiger partial charge in [0.15, 0.2) is 0 Å². The number of aryl methyl sites for hydroxylation is 1. The number of allylic oxidation sites excluding steroid dienone is 5. The second kappa shape index (κ2) is 4.46. The van der Waals surface area contributed by atoms with E-state index in [1.165, 1.54) is 4.68 Å². The molecule has 0 aliphatic carbocycles. The monoisotopic (exact) mass is 190 g/mol. The van der Waals surface area contributed by atoms with Crippen molar-refractivity contribution in [3.63, 3.8) is 0 Å². The Kier molecular flexibility index (Phi) is 3.29. The van der Waals surface area contributed by atoms with Crippen LogP contribution in [0.5, 0.6) is 0 Å². The minimum Gasteiger partial charge on any atom is -0.295 e. The number of nitrogens with one attached hydrogen (secondary N) is 1. The maximum Gasteiger partial charge on any atom is 0.266 e. The maximum atomic E-state index is 11.2. The van der Waals surface area contributed by atoms with Crippen molar-refractivity contribution in [2.45, 2.75) is 6.92 Å². The van der Waals surface area contributed by atoms with Crippen LogP contribution in [0.25, 0.3) is 5.57 Å². The van der Waals surface area contributed by atoms with Gasteiger partial charge in [0.05, 0.1) is 5.69 Å². The summed E-state index contributed by atoms with van der Waals surface area (Å²) in [5.74, 6) is 0. The van der Waals surface area contributed by atoms with Crippen LogP contribution >= 0.6 is 0 Å². The van der Waals surface area contributed by atoms with Crippen molar-refractivity contribution in [2.75, 3.05) is 0 Å². The predicted molar refractivity (Wildman–Crippen MR) is 59.0 cm³/mol. The van der Waals surface area contributed by atoms with Crippen LogP contribution in [0.4, 0.5) is 0 Å². The second-order valence-electron chi connectivity index (χ2n) is 2.91. The Morgan fingerprint density at radius 2 is 2.36 bits per heavy atom. The quantitative estimate of drug-likeness (QED) is 0.726. The molecule has 14 heavy (non-hydrogen) atoms. The zero-order valence-electron chi connectivity index (χ0n) is 8.45. The molecule has 0 fully saturated rings. The third kappa shape index (κ3) is 2.13. The zero-order valence-corrected chi connectivity index (χ0v) is 8.45. The highest BCUT2D eigenvalue weighted by Crippen LogP contribution is 2.10. The number of rotatable bonds is 3. The summed E-state index contributed by atoms with van der Waals surface area (Å²) in [6.45, 7) is 5.52. The van der Waals surface area contributed by atoms with Gasteiger partial charge in [0.1, 0.15) is 0 Å². The van der Waals surface area contributed by atoms with Crippen molar-refractivity contribution in [1.82, 2.24) is 9.78 Å². The standard InChI is InChI=1S/C11H14N2O/c1-4-6-7-9(5-2)10-8-11(14)13(3)12-10/h4-8,12H,1H2,2-3H3/b7-6-,9-5+. The fourth-order valence-electron chi connectivity index (χ4n) is 1.15. The summed E-state index contributed by atoms with van der Waals surface area (Å²) in [4.78, 5) is 11.2. The van der Waals surface area contributed by atoms with Gasteiger partial charge in [0.2, 0.25) is 0 Å². The van der Waals surface area contributed by atoms with Gasteiger partial charge in [-0.15, -0.1) is 0 Å². The molecule has 1 heterocycles. The normalized spacial score (nSPS) is 12.3. The molecule has 1 N–H and O–H groups in total. The van der Waals surface area contributed by atoms with Crippen LogP contribution in [0.2, 0.25) is 0 Å². The first kappa shape index (κ1) is 10.3. The molecular formula is C11H14N2O. The lowest BCUT2D eigenvalue weighted by molar-refractivity contribution is 0.736. The van der Waals surface area contributed by atoms with E-state index in [0.717, 1.165) is 11.3 Å². The van der Waals surface area contributed by atoms with Crippen LogP contribution in [0, 0.1) is 0 Å². The van der Waals surface area contributed by atoms with Gasteiger partial charge in [-0.05, 0) is 12.5 Å². The molecule has 0 bridgehead atoms. The molecule has 1 rings (SSSR count). The van der Waals surface area contributed by atoms with Gasteiger partial charge in [0, 0.05) is 13.1 Å². The van der Waals surface area contributed by atoms with E-state index < -0.39 is 0 Å². The molecule has 0 unspecified atom stereocenters. The van der Waals surface area contributed by atoms with E-state index in [4.69, 9.17) is 0 Å². The van der Waals surface area contributed by atoms with Crippen molar-refractivity contribution in [1.29, 1.82) is 0 Å². The van der Waals surface area contributed by atoms with Crippen LogP contribution in [0.3, 0.4) is 0 Å². The van der Waals surface area contributed by atoms with Gasteiger partial charge in [-0.3, -0.25) is 14.6 Å². The van der Waals surface area contributed by atoms with Gasteiger partial charge in [-0.2, -0.15) is 0 Å². The van der Waals surface area contributed by atoms with Gasteiger partial charge in [-0.25, -0.2) is 0 Å². The number of aromatic nitrogens is 2. The maximum absolute atomic E-state index is 11.2. The molecule has 0 aromatic carbocycles. The van der Waals surface area contributed by atoms with Crippen molar-refractivity contribution < 1.29 is 0 Å². The Morgan fingerprint density at radius 1 is 1.64 bits per heavy atom. The Labute approximate surface area is 83.1 Å². The third-order valence-electron chi connectivity index (χ3n) is 1.92. The summed E-state index contributed by atoms with van der Waals surface area (Å²) in [6.07, 6.45) is 7.37. The number of nitrogens with zero attached hydrogens (tertiary/aromatic N) is 1. The Hall–Kier alpha value is -1.77. The number of H-pyrrole nitrogens is 1. The number of aromatic amines is 1. The molecule has 1 aromatic heterocycles. The lowest BCUT2D eigenvalue weighted by Gasteiger charge is -1.96. The van der Waals surface area contributed by atoms with Crippen molar-refractivity contribution in [3.8, 4) is 0 Å². The van der Waals surface area contributed by atoms with Crippen LogP contribution in [0.15, 0.2) is 41.7 Å². The summed E-state index contributed by atoms with van der Waals surface area (Å²) in [5, 5.41) is 2.95.